The number of rotatable bonds is 4. The molecule has 0 fully saturated rings. The molecule has 0 spiro atoms. The lowest BCUT2D eigenvalue weighted by Gasteiger charge is -2.09. The number of carbonyl (C=O) groups is 1. The molecule has 124 valence electrons. The largest absolute Gasteiger partial charge is 0.504 e. The van der Waals surface area contributed by atoms with Gasteiger partial charge in [-0.3, -0.25) is 15.0 Å². The van der Waals surface area contributed by atoms with E-state index in [1.807, 2.05) is 0 Å². The molecule has 0 unspecified atom stereocenters. The van der Waals surface area contributed by atoms with Gasteiger partial charge in [0.2, 0.25) is 0 Å². The number of aromatic nitrogens is 2. The molecule has 25 heavy (non-hydrogen) atoms. The summed E-state index contributed by atoms with van der Waals surface area (Å²) >= 11 is 6.04. The van der Waals surface area contributed by atoms with E-state index in [2.05, 4.69) is 15.0 Å². The topological polar surface area (TPSA) is 84.7 Å². The van der Waals surface area contributed by atoms with Crippen LogP contribution in [-0.4, -0.2) is 27.3 Å². The Morgan fingerprint density at radius 1 is 1.16 bits per heavy atom. The molecule has 2 aromatic heterocycles. The zero-order valence-corrected chi connectivity index (χ0v) is 13.6. The third kappa shape index (κ3) is 4.19. The van der Waals surface area contributed by atoms with Crippen molar-refractivity contribution in [2.45, 2.75) is 0 Å². The van der Waals surface area contributed by atoms with E-state index in [4.69, 9.17) is 16.3 Å². The molecule has 3 aromatic rings. The number of hydrogen-bond donors (Lipinski definition) is 1. The summed E-state index contributed by atoms with van der Waals surface area (Å²) in [7, 11) is 0. The Morgan fingerprint density at radius 2 is 1.92 bits per heavy atom. The van der Waals surface area contributed by atoms with Gasteiger partial charge in [-0.15, -0.1) is 0 Å². The zero-order valence-electron chi connectivity index (χ0n) is 12.8. The number of halogens is 1. The minimum absolute atomic E-state index is 0.0611. The van der Waals surface area contributed by atoms with Crippen molar-refractivity contribution in [2.75, 3.05) is 0 Å². The van der Waals surface area contributed by atoms with Crippen LogP contribution in [-0.2, 0) is 0 Å². The maximum Gasteiger partial charge on any atom is 0.345 e. The molecular weight excluding hydrogens is 342 g/mol. The molecule has 0 aliphatic rings. The van der Waals surface area contributed by atoms with E-state index in [1.165, 1.54) is 24.5 Å². The molecule has 0 radical (unpaired) electrons. The van der Waals surface area contributed by atoms with Crippen molar-refractivity contribution in [1.29, 1.82) is 0 Å². The molecule has 0 saturated heterocycles. The average molecular weight is 354 g/mol. The minimum Gasteiger partial charge on any atom is -0.504 e. The predicted octanol–water partition coefficient (Wildman–Crippen LogP) is 3.81. The van der Waals surface area contributed by atoms with Crippen LogP contribution in [0.4, 0.5) is 5.69 Å². The molecule has 0 aliphatic heterocycles. The number of ether oxygens (including phenoxy) is 1. The Bertz CT molecular complexity index is 916. The maximum absolute atomic E-state index is 12.1. The number of benzene rings is 1. The molecule has 1 N–H and O–H groups in total. The highest BCUT2D eigenvalue weighted by atomic mass is 35.5. The van der Waals surface area contributed by atoms with Crippen LogP contribution in [0.5, 0.6) is 11.5 Å². The molecule has 6 nitrogen and oxygen atoms in total. The molecule has 2 heterocycles. The lowest BCUT2D eigenvalue weighted by molar-refractivity contribution is 0.0729. The van der Waals surface area contributed by atoms with Gasteiger partial charge in [0, 0.05) is 41.5 Å². The van der Waals surface area contributed by atoms with Crippen LogP contribution in [0.1, 0.15) is 15.9 Å². The van der Waals surface area contributed by atoms with Crippen LogP contribution in [0.25, 0.3) is 0 Å². The number of aliphatic imine (C=N–C) groups is 1. The van der Waals surface area contributed by atoms with Crippen LogP contribution in [0.15, 0.2) is 66.2 Å². The third-order valence-corrected chi connectivity index (χ3v) is 3.39. The molecule has 7 heteroatoms. The van der Waals surface area contributed by atoms with Crippen LogP contribution < -0.4 is 4.74 Å². The van der Waals surface area contributed by atoms with Crippen LogP contribution in [0, 0.1) is 0 Å². The van der Waals surface area contributed by atoms with Crippen molar-refractivity contribution in [3.05, 3.63) is 77.3 Å². The number of phenolic OH excluding ortho intramolecular Hbond substituents is 1. The first-order valence-electron chi connectivity index (χ1n) is 7.22. The van der Waals surface area contributed by atoms with Crippen LogP contribution in [0.2, 0.25) is 5.02 Å². The lowest BCUT2D eigenvalue weighted by atomic mass is 10.2. The van der Waals surface area contributed by atoms with E-state index in [9.17, 15) is 9.90 Å². The molecule has 0 atom stereocenters. The Hall–Kier alpha value is -3.25. The highest BCUT2D eigenvalue weighted by Gasteiger charge is 2.15. The summed E-state index contributed by atoms with van der Waals surface area (Å²) in [5.41, 5.74) is 1.17. The molecule has 0 bridgehead atoms. The summed E-state index contributed by atoms with van der Waals surface area (Å²) in [6.45, 7) is 0. The first-order chi connectivity index (χ1) is 12.1. The number of aromatic hydroxyl groups is 1. The first-order valence-corrected chi connectivity index (χ1v) is 7.60. The number of nitrogens with zero attached hydrogens (tertiary/aromatic N) is 3. The van der Waals surface area contributed by atoms with Gasteiger partial charge >= 0.3 is 5.97 Å². The normalized spacial score (nSPS) is 10.8. The second-order valence-corrected chi connectivity index (χ2v) is 5.38. The Morgan fingerprint density at radius 3 is 2.60 bits per heavy atom. The van der Waals surface area contributed by atoms with Crippen molar-refractivity contribution in [3.63, 3.8) is 0 Å². The van der Waals surface area contributed by atoms with Crippen molar-refractivity contribution in [1.82, 2.24) is 9.97 Å². The van der Waals surface area contributed by atoms with E-state index < -0.39 is 5.97 Å². The maximum atomic E-state index is 12.1. The fraction of sp³-hybridized carbons (Fsp3) is 0. The van der Waals surface area contributed by atoms with Crippen molar-refractivity contribution in [2.24, 2.45) is 4.99 Å². The van der Waals surface area contributed by atoms with Gasteiger partial charge in [0.15, 0.2) is 11.5 Å². The number of hydrogen-bond acceptors (Lipinski definition) is 6. The quantitative estimate of drug-likeness (QED) is 0.438. The Balaban J connectivity index is 1.87. The number of phenols is 1. The molecule has 1 aromatic carbocycles. The highest BCUT2D eigenvalue weighted by Crippen LogP contribution is 2.33. The smallest absolute Gasteiger partial charge is 0.345 e. The fourth-order valence-corrected chi connectivity index (χ4v) is 2.20. The minimum atomic E-state index is -0.652. The summed E-state index contributed by atoms with van der Waals surface area (Å²) in [6.07, 6.45) is 7.53. The van der Waals surface area contributed by atoms with Gasteiger partial charge in [-0.1, -0.05) is 11.6 Å². The van der Waals surface area contributed by atoms with Crippen LogP contribution in [0.3, 0.4) is 0 Å². The predicted molar refractivity (Wildman–Crippen MR) is 93.8 cm³/mol. The second kappa shape index (κ2) is 7.55. The van der Waals surface area contributed by atoms with Gasteiger partial charge in [0.25, 0.3) is 0 Å². The monoisotopic (exact) mass is 353 g/mol. The van der Waals surface area contributed by atoms with Gasteiger partial charge in [-0.25, -0.2) is 4.79 Å². The van der Waals surface area contributed by atoms with E-state index >= 15 is 0 Å². The number of carbonyl (C=O) groups excluding carboxylic acids is 1. The Kier molecular flexibility index (Phi) is 5.01. The second-order valence-electron chi connectivity index (χ2n) is 4.94. The number of pyridine rings is 2. The molecule has 3 rings (SSSR count). The van der Waals surface area contributed by atoms with Crippen molar-refractivity contribution >= 4 is 29.5 Å². The zero-order chi connectivity index (χ0) is 17.6. The summed E-state index contributed by atoms with van der Waals surface area (Å²) in [4.78, 5) is 24.1. The summed E-state index contributed by atoms with van der Waals surface area (Å²) in [5, 5.41) is 10.6. The number of esters is 1. The van der Waals surface area contributed by atoms with E-state index in [0.29, 0.717) is 16.3 Å². The van der Waals surface area contributed by atoms with Gasteiger partial charge in [-0.2, -0.15) is 0 Å². The highest BCUT2D eigenvalue weighted by molar-refractivity contribution is 6.31. The summed E-state index contributed by atoms with van der Waals surface area (Å²) in [6, 6.07) is 9.53. The molecule has 0 aliphatic carbocycles. The van der Waals surface area contributed by atoms with Gasteiger partial charge in [0.05, 0.1) is 17.4 Å². The third-order valence-electron chi connectivity index (χ3n) is 3.17. The molecular formula is C18H12ClN3O3. The van der Waals surface area contributed by atoms with Gasteiger partial charge in [-0.05, 0) is 30.3 Å². The standard InChI is InChI=1S/C18H12ClN3O3/c19-14-7-13(10-22-15-4-2-6-21-11-15)17(23)16(8-14)25-18(24)12-3-1-5-20-9-12/h1-11,23H. The van der Waals surface area contributed by atoms with E-state index in [0.717, 1.165) is 0 Å². The molecule has 0 amide bonds. The van der Waals surface area contributed by atoms with Gasteiger partial charge < -0.3 is 9.84 Å². The van der Waals surface area contributed by atoms with E-state index in [-0.39, 0.29) is 17.1 Å². The first kappa shape index (κ1) is 16.6. The van der Waals surface area contributed by atoms with Crippen molar-refractivity contribution in [3.8, 4) is 11.5 Å². The summed E-state index contributed by atoms with van der Waals surface area (Å²) in [5.74, 6) is -0.955. The van der Waals surface area contributed by atoms with Gasteiger partial charge in [0.1, 0.15) is 0 Å². The average Bonchev–Trinajstić information content (AvgIpc) is 2.64. The fourth-order valence-electron chi connectivity index (χ4n) is 1.99. The summed E-state index contributed by atoms with van der Waals surface area (Å²) < 4.78 is 5.22. The van der Waals surface area contributed by atoms with E-state index in [1.54, 1.807) is 42.9 Å². The SMILES string of the molecule is O=C(Oc1cc(Cl)cc(C=Nc2cccnc2)c1O)c1cccnc1. The molecule has 0 saturated carbocycles. The Labute approximate surface area is 148 Å². The lowest BCUT2D eigenvalue weighted by Crippen LogP contribution is -2.09. The van der Waals surface area contributed by atoms with Crippen LogP contribution >= 0.6 is 11.6 Å². The van der Waals surface area contributed by atoms with Crippen molar-refractivity contribution < 1.29 is 14.6 Å².